The van der Waals surface area contributed by atoms with Crippen LogP contribution in [-0.4, -0.2) is 46.8 Å². The van der Waals surface area contributed by atoms with Gasteiger partial charge in [0, 0.05) is 12.6 Å². The number of carbonyl (C=O) groups is 3. The number of hydrogen-bond donors (Lipinski definition) is 1. The Labute approximate surface area is 148 Å². The summed E-state index contributed by atoms with van der Waals surface area (Å²) in [5, 5.41) is 2.82. The summed E-state index contributed by atoms with van der Waals surface area (Å²) in [6.45, 7) is 4.39. The van der Waals surface area contributed by atoms with E-state index in [9.17, 15) is 14.4 Å². The van der Waals surface area contributed by atoms with Gasteiger partial charge in [0.05, 0.1) is 0 Å². The molecule has 2 aliphatic heterocycles. The van der Waals surface area contributed by atoms with Crippen molar-refractivity contribution < 1.29 is 14.4 Å². The minimum absolute atomic E-state index is 0.157. The fourth-order valence-electron chi connectivity index (χ4n) is 3.83. The van der Waals surface area contributed by atoms with Crippen molar-refractivity contribution in [2.45, 2.75) is 51.1 Å². The number of rotatable bonds is 4. The lowest BCUT2D eigenvalue weighted by Gasteiger charge is -2.34. The summed E-state index contributed by atoms with van der Waals surface area (Å²) in [6, 6.07) is 8.89. The van der Waals surface area contributed by atoms with Gasteiger partial charge in [0.1, 0.15) is 12.1 Å². The quantitative estimate of drug-likeness (QED) is 0.853. The van der Waals surface area contributed by atoms with E-state index in [0.29, 0.717) is 13.0 Å². The molecule has 2 aliphatic rings. The van der Waals surface area contributed by atoms with Gasteiger partial charge in [-0.15, -0.1) is 0 Å². The van der Waals surface area contributed by atoms with E-state index in [1.165, 1.54) is 0 Å². The number of amides is 4. The monoisotopic (exact) mass is 343 g/mol. The molecule has 6 heteroatoms. The molecule has 134 valence electrons. The van der Waals surface area contributed by atoms with Gasteiger partial charge in [-0.2, -0.15) is 0 Å². The first-order chi connectivity index (χ1) is 12.0. The van der Waals surface area contributed by atoms with Crippen LogP contribution >= 0.6 is 0 Å². The fourth-order valence-corrected chi connectivity index (χ4v) is 3.83. The van der Waals surface area contributed by atoms with Crippen molar-refractivity contribution in [1.82, 2.24) is 15.1 Å². The van der Waals surface area contributed by atoms with Crippen LogP contribution in [0.25, 0.3) is 0 Å². The number of benzene rings is 1. The van der Waals surface area contributed by atoms with E-state index in [1.807, 2.05) is 44.2 Å². The molecular formula is C19H25N3O3. The lowest BCUT2D eigenvalue weighted by Crippen LogP contribution is -2.49. The molecule has 0 aromatic heterocycles. The highest BCUT2D eigenvalue weighted by atomic mass is 16.2. The first-order valence-corrected chi connectivity index (χ1v) is 8.98. The molecule has 25 heavy (non-hydrogen) atoms. The maximum atomic E-state index is 13.0. The summed E-state index contributed by atoms with van der Waals surface area (Å²) in [5.41, 5.74) is -0.330. The average molecular weight is 343 g/mol. The van der Waals surface area contributed by atoms with Gasteiger partial charge < -0.3 is 10.2 Å². The SMILES string of the molecule is CC[C@]1(c2ccccc2)NC(=O)N(CC(=O)N2CCCC[C@@H]2C)C1=O. The molecule has 0 unspecified atom stereocenters. The summed E-state index contributed by atoms with van der Waals surface area (Å²) >= 11 is 0. The number of urea groups is 1. The molecule has 6 nitrogen and oxygen atoms in total. The molecule has 2 fully saturated rings. The summed E-state index contributed by atoms with van der Waals surface area (Å²) < 4.78 is 0. The summed E-state index contributed by atoms with van der Waals surface area (Å²) in [5.74, 6) is -0.500. The van der Waals surface area contributed by atoms with Crippen molar-refractivity contribution in [3.63, 3.8) is 0 Å². The highest BCUT2D eigenvalue weighted by molar-refractivity contribution is 6.09. The number of hydrogen-bond acceptors (Lipinski definition) is 3. The number of nitrogens with zero attached hydrogens (tertiary/aromatic N) is 2. The predicted molar refractivity (Wildman–Crippen MR) is 93.7 cm³/mol. The molecule has 1 N–H and O–H groups in total. The Morgan fingerprint density at radius 3 is 2.60 bits per heavy atom. The first kappa shape index (κ1) is 17.5. The minimum Gasteiger partial charge on any atom is -0.338 e. The Morgan fingerprint density at radius 1 is 1.24 bits per heavy atom. The van der Waals surface area contributed by atoms with Gasteiger partial charge in [-0.1, -0.05) is 37.3 Å². The summed E-state index contributed by atoms with van der Waals surface area (Å²) in [7, 11) is 0. The third kappa shape index (κ3) is 3.01. The van der Waals surface area contributed by atoms with Gasteiger partial charge in [0.15, 0.2) is 0 Å². The van der Waals surface area contributed by atoms with Crippen LogP contribution in [0.4, 0.5) is 4.79 Å². The van der Waals surface area contributed by atoms with Crippen molar-refractivity contribution in [2.24, 2.45) is 0 Å². The van der Waals surface area contributed by atoms with Crippen LogP contribution in [0.2, 0.25) is 0 Å². The van der Waals surface area contributed by atoms with Crippen LogP contribution in [-0.2, 0) is 15.1 Å². The molecule has 3 rings (SSSR count). The van der Waals surface area contributed by atoms with Gasteiger partial charge in [-0.05, 0) is 38.2 Å². The van der Waals surface area contributed by atoms with Gasteiger partial charge in [-0.3, -0.25) is 14.5 Å². The van der Waals surface area contributed by atoms with Crippen molar-refractivity contribution in [2.75, 3.05) is 13.1 Å². The van der Waals surface area contributed by atoms with Gasteiger partial charge in [0.25, 0.3) is 5.91 Å². The smallest absolute Gasteiger partial charge is 0.325 e. The second kappa shape index (κ2) is 6.86. The molecule has 0 bridgehead atoms. The number of likely N-dealkylation sites (tertiary alicyclic amines) is 1. The molecule has 2 heterocycles. The van der Waals surface area contributed by atoms with E-state index in [2.05, 4.69) is 5.32 Å². The molecule has 2 atom stereocenters. The number of nitrogens with one attached hydrogen (secondary N) is 1. The minimum atomic E-state index is -1.08. The molecule has 4 amide bonds. The second-order valence-corrected chi connectivity index (χ2v) is 6.88. The molecule has 1 aromatic rings. The average Bonchev–Trinajstić information content (AvgIpc) is 2.88. The molecule has 0 radical (unpaired) electrons. The van der Waals surface area contributed by atoms with Gasteiger partial charge in [-0.25, -0.2) is 4.79 Å². The second-order valence-electron chi connectivity index (χ2n) is 6.88. The first-order valence-electron chi connectivity index (χ1n) is 8.98. The molecule has 0 aliphatic carbocycles. The Balaban J connectivity index is 1.80. The maximum absolute atomic E-state index is 13.0. The van der Waals surface area contributed by atoms with E-state index < -0.39 is 11.6 Å². The number of imide groups is 1. The van der Waals surface area contributed by atoms with Crippen LogP contribution in [0.1, 0.15) is 45.1 Å². The predicted octanol–water partition coefficient (Wildman–Crippen LogP) is 2.24. The highest BCUT2D eigenvalue weighted by Gasteiger charge is 2.51. The fraction of sp³-hybridized carbons (Fsp3) is 0.526. The third-order valence-corrected chi connectivity index (χ3v) is 5.39. The zero-order valence-corrected chi connectivity index (χ0v) is 14.8. The van der Waals surface area contributed by atoms with E-state index in [1.54, 1.807) is 4.90 Å². The topological polar surface area (TPSA) is 69.7 Å². The van der Waals surface area contributed by atoms with Crippen LogP contribution in [0.5, 0.6) is 0 Å². The molecule has 2 saturated heterocycles. The Kier molecular flexibility index (Phi) is 4.79. The molecule has 1 aromatic carbocycles. The highest BCUT2D eigenvalue weighted by Crippen LogP contribution is 2.32. The van der Waals surface area contributed by atoms with Crippen molar-refractivity contribution in [3.05, 3.63) is 35.9 Å². The van der Waals surface area contributed by atoms with Crippen LogP contribution < -0.4 is 5.32 Å². The van der Waals surface area contributed by atoms with Crippen molar-refractivity contribution in [1.29, 1.82) is 0 Å². The number of piperidine rings is 1. The van der Waals surface area contributed by atoms with E-state index >= 15 is 0 Å². The Hall–Kier alpha value is -2.37. The zero-order chi connectivity index (χ0) is 18.0. The zero-order valence-electron chi connectivity index (χ0n) is 14.8. The van der Waals surface area contributed by atoms with Crippen molar-refractivity contribution in [3.8, 4) is 0 Å². The van der Waals surface area contributed by atoms with E-state index in [-0.39, 0.29) is 24.4 Å². The van der Waals surface area contributed by atoms with Crippen LogP contribution in [0.15, 0.2) is 30.3 Å². The normalized spacial score (nSPS) is 26.7. The molecule has 0 saturated carbocycles. The third-order valence-electron chi connectivity index (χ3n) is 5.39. The largest absolute Gasteiger partial charge is 0.338 e. The van der Waals surface area contributed by atoms with Gasteiger partial charge >= 0.3 is 6.03 Å². The Morgan fingerprint density at radius 2 is 1.96 bits per heavy atom. The molecular weight excluding hydrogens is 318 g/mol. The van der Waals surface area contributed by atoms with Crippen LogP contribution in [0, 0.1) is 0 Å². The van der Waals surface area contributed by atoms with Gasteiger partial charge in [0.2, 0.25) is 5.91 Å². The van der Waals surface area contributed by atoms with E-state index in [4.69, 9.17) is 0 Å². The van der Waals surface area contributed by atoms with E-state index in [0.717, 1.165) is 29.7 Å². The standard InChI is InChI=1S/C19H25N3O3/c1-3-19(15-10-5-4-6-11-15)17(24)22(18(25)20-19)13-16(23)21-12-8-7-9-14(21)2/h4-6,10-11,14H,3,7-9,12-13H2,1-2H3,(H,20,25)/t14-,19+/m0/s1. The maximum Gasteiger partial charge on any atom is 0.325 e. The lowest BCUT2D eigenvalue weighted by molar-refractivity contribution is -0.141. The summed E-state index contributed by atoms with van der Waals surface area (Å²) in [4.78, 5) is 41.0. The molecule has 0 spiro atoms. The summed E-state index contributed by atoms with van der Waals surface area (Å²) in [6.07, 6.45) is 3.49. The lowest BCUT2D eigenvalue weighted by atomic mass is 9.87. The van der Waals surface area contributed by atoms with Crippen LogP contribution in [0.3, 0.4) is 0 Å². The Bertz CT molecular complexity index is 676. The van der Waals surface area contributed by atoms with Crippen molar-refractivity contribution >= 4 is 17.8 Å². The number of carbonyl (C=O) groups excluding carboxylic acids is 3.